The van der Waals surface area contributed by atoms with E-state index in [1.165, 1.54) is 18.4 Å². The Morgan fingerprint density at radius 2 is 2.00 bits per heavy atom. The van der Waals surface area contributed by atoms with Gasteiger partial charge in [-0.25, -0.2) is 13.6 Å². The first-order chi connectivity index (χ1) is 7.89. The lowest BCUT2D eigenvalue weighted by atomic mass is 10.1. The van der Waals surface area contributed by atoms with Crippen LogP contribution in [0.1, 0.15) is 0 Å². The van der Waals surface area contributed by atoms with Gasteiger partial charge in [0.15, 0.2) is 0 Å². The molecule has 90 valence electrons. The molecule has 7 heteroatoms. The van der Waals surface area contributed by atoms with E-state index in [-0.39, 0.29) is 15.6 Å². The molecule has 2 aromatic rings. The minimum absolute atomic E-state index is 0.0202. The third-order valence-corrected chi connectivity index (χ3v) is 3.37. The molecule has 17 heavy (non-hydrogen) atoms. The van der Waals surface area contributed by atoms with E-state index in [0.717, 1.165) is 0 Å². The number of sulfonamides is 1. The molecular weight excluding hydrogens is 264 g/mol. The van der Waals surface area contributed by atoms with Gasteiger partial charge in [0.05, 0.1) is 12.0 Å². The molecule has 0 unspecified atom stereocenters. The summed E-state index contributed by atoms with van der Waals surface area (Å²) in [5.74, 6) is 0.426. The second-order valence-corrected chi connectivity index (χ2v) is 5.35. The van der Waals surface area contributed by atoms with E-state index in [1.54, 1.807) is 12.1 Å². The highest BCUT2D eigenvalue weighted by Crippen LogP contribution is 2.34. The van der Waals surface area contributed by atoms with Crippen LogP contribution in [0.2, 0.25) is 5.02 Å². The SMILES string of the molecule is Nc1c(-c2ccco2)cc(Cl)cc1S(N)(=O)=O. The summed E-state index contributed by atoms with van der Waals surface area (Å²) in [5, 5.41) is 5.27. The quantitative estimate of drug-likeness (QED) is 0.815. The summed E-state index contributed by atoms with van der Waals surface area (Å²) >= 11 is 5.83. The zero-order valence-corrected chi connectivity index (χ0v) is 10.1. The van der Waals surface area contributed by atoms with Gasteiger partial charge in [-0.3, -0.25) is 0 Å². The maximum atomic E-state index is 11.3. The summed E-state index contributed by atoms with van der Waals surface area (Å²) in [6.07, 6.45) is 1.45. The number of rotatable bonds is 2. The number of nitrogen functional groups attached to an aromatic ring is 1. The molecule has 0 aliphatic rings. The fraction of sp³-hybridized carbons (Fsp3) is 0. The van der Waals surface area contributed by atoms with E-state index in [9.17, 15) is 8.42 Å². The summed E-state index contributed by atoms with van der Waals surface area (Å²) in [6, 6.07) is 6.03. The van der Waals surface area contributed by atoms with E-state index >= 15 is 0 Å². The van der Waals surface area contributed by atoms with Gasteiger partial charge >= 0.3 is 0 Å². The molecule has 0 bridgehead atoms. The average molecular weight is 273 g/mol. The molecule has 0 atom stereocenters. The molecule has 0 saturated carbocycles. The van der Waals surface area contributed by atoms with Crippen molar-refractivity contribution in [3.8, 4) is 11.3 Å². The van der Waals surface area contributed by atoms with E-state index in [1.807, 2.05) is 0 Å². The highest BCUT2D eigenvalue weighted by Gasteiger charge is 2.18. The van der Waals surface area contributed by atoms with Gasteiger partial charge in [-0.1, -0.05) is 11.6 Å². The smallest absolute Gasteiger partial charge is 0.240 e. The van der Waals surface area contributed by atoms with Crippen LogP contribution in [-0.4, -0.2) is 8.42 Å². The molecule has 0 aliphatic carbocycles. The van der Waals surface area contributed by atoms with Crippen LogP contribution in [0.4, 0.5) is 5.69 Å². The molecule has 4 N–H and O–H groups in total. The Labute approximate surface area is 103 Å². The normalized spacial score (nSPS) is 11.6. The monoisotopic (exact) mass is 272 g/mol. The maximum absolute atomic E-state index is 11.3. The lowest BCUT2D eigenvalue weighted by Crippen LogP contribution is -2.14. The predicted molar refractivity (Wildman–Crippen MR) is 64.9 cm³/mol. The molecule has 0 fully saturated rings. The first-order valence-electron chi connectivity index (χ1n) is 4.55. The van der Waals surface area contributed by atoms with Gasteiger partial charge in [0, 0.05) is 10.6 Å². The number of primary sulfonamides is 1. The van der Waals surface area contributed by atoms with Crippen LogP contribution in [0, 0.1) is 0 Å². The summed E-state index contributed by atoms with van der Waals surface area (Å²) in [5.41, 5.74) is 6.17. The van der Waals surface area contributed by atoms with Crippen molar-refractivity contribution in [3.05, 3.63) is 35.6 Å². The van der Waals surface area contributed by atoms with Crippen LogP contribution >= 0.6 is 11.6 Å². The number of hydrogen-bond donors (Lipinski definition) is 2. The summed E-state index contributed by atoms with van der Waals surface area (Å²) in [4.78, 5) is -0.212. The molecule has 0 aliphatic heterocycles. The van der Waals surface area contributed by atoms with Gasteiger partial charge in [-0.05, 0) is 24.3 Å². The van der Waals surface area contributed by atoms with Gasteiger partial charge in [-0.15, -0.1) is 0 Å². The minimum Gasteiger partial charge on any atom is -0.464 e. The Kier molecular flexibility index (Phi) is 2.86. The number of hydrogen-bond acceptors (Lipinski definition) is 4. The van der Waals surface area contributed by atoms with Gasteiger partial charge in [0.2, 0.25) is 10.0 Å². The van der Waals surface area contributed by atoms with Crippen molar-refractivity contribution in [1.82, 2.24) is 0 Å². The molecular formula is C10H9ClN2O3S. The minimum atomic E-state index is -3.92. The third-order valence-electron chi connectivity index (χ3n) is 2.20. The van der Waals surface area contributed by atoms with E-state index in [4.69, 9.17) is 26.9 Å². The molecule has 1 heterocycles. The topological polar surface area (TPSA) is 99.3 Å². The number of furan rings is 1. The standard InChI is InChI=1S/C10H9ClN2O3S/c11-6-4-7(8-2-1-3-16-8)10(12)9(5-6)17(13,14)15/h1-5H,12H2,(H2,13,14,15). The number of benzene rings is 1. The molecule has 1 aromatic carbocycles. The van der Waals surface area contributed by atoms with Crippen molar-refractivity contribution in [2.24, 2.45) is 5.14 Å². The second kappa shape index (κ2) is 4.06. The predicted octanol–water partition coefficient (Wildman–Crippen LogP) is 1.83. The van der Waals surface area contributed by atoms with Crippen molar-refractivity contribution in [2.75, 3.05) is 5.73 Å². The summed E-state index contributed by atoms with van der Waals surface area (Å²) in [6.45, 7) is 0. The largest absolute Gasteiger partial charge is 0.464 e. The van der Waals surface area contributed by atoms with Crippen molar-refractivity contribution >= 4 is 27.3 Å². The molecule has 5 nitrogen and oxygen atoms in total. The summed E-state index contributed by atoms with van der Waals surface area (Å²) < 4.78 is 27.8. The molecule has 2 rings (SSSR count). The second-order valence-electron chi connectivity index (χ2n) is 3.39. The Hall–Kier alpha value is -1.50. The van der Waals surface area contributed by atoms with Crippen LogP contribution in [0.5, 0.6) is 0 Å². The fourth-order valence-electron chi connectivity index (χ4n) is 1.46. The average Bonchev–Trinajstić information content (AvgIpc) is 2.72. The van der Waals surface area contributed by atoms with Crippen molar-refractivity contribution < 1.29 is 12.8 Å². The Bertz CT molecular complexity index is 650. The van der Waals surface area contributed by atoms with Crippen LogP contribution in [-0.2, 0) is 10.0 Å². The van der Waals surface area contributed by atoms with Crippen LogP contribution in [0.15, 0.2) is 39.8 Å². The number of halogens is 1. The number of nitrogens with two attached hydrogens (primary N) is 2. The first-order valence-corrected chi connectivity index (χ1v) is 6.47. The first kappa shape index (κ1) is 12.0. The van der Waals surface area contributed by atoms with Crippen LogP contribution < -0.4 is 10.9 Å². The van der Waals surface area contributed by atoms with E-state index < -0.39 is 10.0 Å². The lowest BCUT2D eigenvalue weighted by molar-refractivity contribution is 0.582. The Morgan fingerprint density at radius 3 is 2.53 bits per heavy atom. The lowest BCUT2D eigenvalue weighted by Gasteiger charge is -2.08. The van der Waals surface area contributed by atoms with Crippen molar-refractivity contribution in [3.63, 3.8) is 0 Å². The summed E-state index contributed by atoms with van der Waals surface area (Å²) in [7, 11) is -3.92. The molecule has 1 aromatic heterocycles. The fourth-order valence-corrected chi connectivity index (χ4v) is 2.45. The van der Waals surface area contributed by atoms with Crippen LogP contribution in [0.25, 0.3) is 11.3 Å². The van der Waals surface area contributed by atoms with Gasteiger partial charge < -0.3 is 10.2 Å². The van der Waals surface area contributed by atoms with Crippen LogP contribution in [0.3, 0.4) is 0 Å². The zero-order chi connectivity index (χ0) is 12.6. The van der Waals surface area contributed by atoms with E-state index in [2.05, 4.69) is 0 Å². The highest BCUT2D eigenvalue weighted by atomic mass is 35.5. The van der Waals surface area contributed by atoms with E-state index in [0.29, 0.717) is 11.3 Å². The maximum Gasteiger partial charge on any atom is 0.240 e. The van der Waals surface area contributed by atoms with Gasteiger partial charge in [0.1, 0.15) is 10.7 Å². The molecule has 0 amide bonds. The molecule has 0 spiro atoms. The molecule has 0 saturated heterocycles. The molecule has 0 radical (unpaired) electrons. The van der Waals surface area contributed by atoms with Crippen molar-refractivity contribution in [2.45, 2.75) is 4.90 Å². The third kappa shape index (κ3) is 2.28. The Balaban J connectivity index is 2.75. The van der Waals surface area contributed by atoms with Gasteiger partial charge in [-0.2, -0.15) is 0 Å². The van der Waals surface area contributed by atoms with Gasteiger partial charge in [0.25, 0.3) is 0 Å². The Morgan fingerprint density at radius 1 is 1.29 bits per heavy atom. The zero-order valence-electron chi connectivity index (χ0n) is 8.55. The number of anilines is 1. The van der Waals surface area contributed by atoms with Crippen molar-refractivity contribution in [1.29, 1.82) is 0 Å². The highest BCUT2D eigenvalue weighted by molar-refractivity contribution is 7.89.